The van der Waals surface area contributed by atoms with Crippen molar-refractivity contribution >= 4 is 6.47 Å². The van der Waals surface area contributed by atoms with Crippen molar-refractivity contribution in [2.75, 3.05) is 21.3 Å². The van der Waals surface area contributed by atoms with Crippen molar-refractivity contribution in [2.24, 2.45) is 0 Å². The van der Waals surface area contributed by atoms with E-state index >= 15 is 0 Å². The molecule has 87 valence electrons. The molecular formula is C11H13O5. The largest absolute Gasteiger partial charge is 0.496 e. The Bertz CT molecular complexity index is 336. The van der Waals surface area contributed by atoms with Crippen molar-refractivity contribution in [1.29, 1.82) is 0 Å². The van der Waals surface area contributed by atoms with Gasteiger partial charge in [0.25, 0.3) is 0 Å². The van der Waals surface area contributed by atoms with Gasteiger partial charge in [-0.25, -0.2) is 4.79 Å². The number of methoxy groups -OCH3 is 3. The van der Waals surface area contributed by atoms with Gasteiger partial charge in [-0.3, -0.25) is 0 Å². The highest BCUT2D eigenvalue weighted by atomic mass is 16.5. The lowest BCUT2D eigenvalue weighted by Gasteiger charge is -2.13. The topological polar surface area (TPSA) is 54.0 Å². The number of ether oxygens (including phenoxy) is 4. The molecule has 1 aromatic carbocycles. The van der Waals surface area contributed by atoms with Crippen molar-refractivity contribution in [3.63, 3.8) is 0 Å². The maximum Gasteiger partial charge on any atom is 0.417 e. The Balaban J connectivity index is 3.14. The van der Waals surface area contributed by atoms with E-state index in [1.807, 2.05) is 0 Å². The lowest BCUT2D eigenvalue weighted by atomic mass is 10.1. The van der Waals surface area contributed by atoms with Gasteiger partial charge in [-0.15, -0.1) is 0 Å². The molecule has 1 radical (unpaired) electrons. The minimum Gasteiger partial charge on any atom is -0.496 e. The summed E-state index contributed by atoms with van der Waals surface area (Å²) in [4.78, 5) is 10.0. The number of carbonyl (C=O) groups excluding carboxylic acids is 1. The van der Waals surface area contributed by atoms with Crippen LogP contribution in [0.5, 0.6) is 17.2 Å². The Labute approximate surface area is 93.9 Å². The number of hydrogen-bond donors (Lipinski definition) is 0. The number of rotatable bonds is 6. The van der Waals surface area contributed by atoms with Crippen molar-refractivity contribution in [3.05, 3.63) is 17.7 Å². The summed E-state index contributed by atoms with van der Waals surface area (Å²) < 4.78 is 20.0. The molecule has 0 unspecified atom stereocenters. The smallest absolute Gasteiger partial charge is 0.417 e. The molecule has 5 nitrogen and oxygen atoms in total. The predicted molar refractivity (Wildman–Crippen MR) is 56.6 cm³/mol. The van der Waals surface area contributed by atoms with E-state index in [4.69, 9.17) is 14.2 Å². The highest BCUT2D eigenvalue weighted by molar-refractivity contribution is 5.51. The van der Waals surface area contributed by atoms with Crippen molar-refractivity contribution < 1.29 is 23.7 Å². The van der Waals surface area contributed by atoms with Gasteiger partial charge in [-0.05, 0) is 0 Å². The minimum absolute atomic E-state index is 0.0415. The summed E-state index contributed by atoms with van der Waals surface area (Å²) in [5.74, 6) is 1.67. The molecule has 1 aromatic rings. The highest BCUT2D eigenvalue weighted by Crippen LogP contribution is 2.34. The predicted octanol–water partition coefficient (Wildman–Crippen LogP) is 1.30. The van der Waals surface area contributed by atoms with Gasteiger partial charge in [-0.1, -0.05) is 0 Å². The Morgan fingerprint density at radius 1 is 1.06 bits per heavy atom. The van der Waals surface area contributed by atoms with E-state index in [2.05, 4.69) is 4.74 Å². The summed E-state index contributed by atoms with van der Waals surface area (Å²) in [5, 5.41) is 0. The molecular weight excluding hydrogens is 212 g/mol. The maximum absolute atomic E-state index is 10.0. The van der Waals surface area contributed by atoms with Gasteiger partial charge < -0.3 is 18.9 Å². The zero-order valence-corrected chi connectivity index (χ0v) is 9.40. The first kappa shape index (κ1) is 12.2. The van der Waals surface area contributed by atoms with E-state index in [1.165, 1.54) is 20.7 Å². The van der Waals surface area contributed by atoms with Crippen LogP contribution in [-0.2, 0) is 16.1 Å². The van der Waals surface area contributed by atoms with Crippen LogP contribution in [0.4, 0.5) is 0 Å². The summed E-state index contributed by atoms with van der Waals surface area (Å²) in [5.41, 5.74) is 0.633. The molecule has 0 aliphatic carbocycles. The van der Waals surface area contributed by atoms with Gasteiger partial charge in [0, 0.05) is 12.1 Å². The maximum atomic E-state index is 10.0. The van der Waals surface area contributed by atoms with Crippen LogP contribution in [0.2, 0.25) is 0 Å². The summed E-state index contributed by atoms with van der Waals surface area (Å²) in [6.07, 6.45) is 0. The van der Waals surface area contributed by atoms with Crippen LogP contribution in [0.25, 0.3) is 0 Å². The molecule has 1 rings (SSSR count). The Morgan fingerprint density at radius 2 is 1.62 bits per heavy atom. The van der Waals surface area contributed by atoms with E-state index in [-0.39, 0.29) is 6.61 Å². The third-order valence-corrected chi connectivity index (χ3v) is 2.09. The summed E-state index contributed by atoms with van der Waals surface area (Å²) in [7, 11) is 4.58. The van der Waals surface area contributed by atoms with Crippen LogP contribution in [0.15, 0.2) is 12.1 Å². The molecule has 0 bridgehead atoms. The second kappa shape index (κ2) is 5.85. The van der Waals surface area contributed by atoms with E-state index < -0.39 is 0 Å². The van der Waals surface area contributed by atoms with Crippen LogP contribution in [0.3, 0.4) is 0 Å². The van der Waals surface area contributed by atoms with Gasteiger partial charge in [-0.2, -0.15) is 0 Å². The monoisotopic (exact) mass is 225 g/mol. The normalized spacial score (nSPS) is 9.44. The van der Waals surface area contributed by atoms with Crippen LogP contribution < -0.4 is 14.2 Å². The first-order valence-corrected chi connectivity index (χ1v) is 4.54. The van der Waals surface area contributed by atoms with Crippen molar-refractivity contribution in [3.8, 4) is 17.2 Å². The number of hydrogen-bond acceptors (Lipinski definition) is 5. The third kappa shape index (κ3) is 2.56. The molecule has 0 aromatic heterocycles. The van der Waals surface area contributed by atoms with Gasteiger partial charge in [0.15, 0.2) is 0 Å². The van der Waals surface area contributed by atoms with E-state index in [0.29, 0.717) is 22.8 Å². The quantitative estimate of drug-likeness (QED) is 0.730. The van der Waals surface area contributed by atoms with Crippen LogP contribution in [0.1, 0.15) is 5.56 Å². The third-order valence-electron chi connectivity index (χ3n) is 2.09. The van der Waals surface area contributed by atoms with Gasteiger partial charge >= 0.3 is 6.47 Å². The fourth-order valence-electron chi connectivity index (χ4n) is 1.32. The summed E-state index contributed by atoms with van der Waals surface area (Å²) >= 11 is 0. The van der Waals surface area contributed by atoms with Crippen LogP contribution in [-0.4, -0.2) is 27.8 Å². The van der Waals surface area contributed by atoms with Gasteiger partial charge in [0.2, 0.25) is 0 Å². The molecule has 0 heterocycles. The molecule has 0 N–H and O–H groups in total. The zero-order valence-electron chi connectivity index (χ0n) is 9.40. The Morgan fingerprint density at radius 3 is 2.00 bits per heavy atom. The molecule has 0 saturated heterocycles. The van der Waals surface area contributed by atoms with Gasteiger partial charge in [0.05, 0.1) is 26.9 Å². The fourth-order valence-corrected chi connectivity index (χ4v) is 1.32. The average Bonchev–Trinajstić information content (AvgIpc) is 2.35. The number of benzene rings is 1. The Kier molecular flexibility index (Phi) is 4.44. The fraction of sp³-hybridized carbons (Fsp3) is 0.364. The second-order valence-electron chi connectivity index (χ2n) is 2.88. The average molecular weight is 225 g/mol. The minimum atomic E-state index is 0.0415. The molecule has 0 spiro atoms. The SMILES string of the molecule is COc1cc(OC)c(CO[C]=O)c(OC)c1. The van der Waals surface area contributed by atoms with Gasteiger partial charge in [0.1, 0.15) is 23.9 Å². The lowest BCUT2D eigenvalue weighted by molar-refractivity contribution is 0.254. The van der Waals surface area contributed by atoms with Crippen LogP contribution >= 0.6 is 0 Å². The standard InChI is InChI=1S/C11H13O5/c1-13-8-4-10(14-2)9(6-16-7-12)11(5-8)15-3/h4-5H,6H2,1-3H3. The molecule has 16 heavy (non-hydrogen) atoms. The lowest BCUT2D eigenvalue weighted by Crippen LogP contribution is -2.00. The summed E-state index contributed by atoms with van der Waals surface area (Å²) in [6, 6.07) is 3.37. The van der Waals surface area contributed by atoms with E-state index in [9.17, 15) is 4.79 Å². The molecule has 0 aliphatic heterocycles. The molecule has 0 amide bonds. The molecule has 0 fully saturated rings. The molecule has 0 saturated carbocycles. The first-order chi connectivity index (χ1) is 7.76. The molecule has 0 atom stereocenters. The molecule has 5 heteroatoms. The molecule has 0 aliphatic rings. The zero-order chi connectivity index (χ0) is 12.0. The van der Waals surface area contributed by atoms with E-state index in [0.717, 1.165) is 0 Å². The second-order valence-corrected chi connectivity index (χ2v) is 2.88. The van der Waals surface area contributed by atoms with E-state index in [1.54, 1.807) is 19.2 Å². The Hall–Kier alpha value is -1.91. The van der Waals surface area contributed by atoms with Crippen molar-refractivity contribution in [2.45, 2.75) is 6.61 Å². The first-order valence-electron chi connectivity index (χ1n) is 4.54. The summed E-state index contributed by atoms with van der Waals surface area (Å²) in [6.45, 7) is 1.40. The van der Waals surface area contributed by atoms with Crippen LogP contribution in [0, 0.1) is 0 Å². The van der Waals surface area contributed by atoms with Crippen molar-refractivity contribution in [1.82, 2.24) is 0 Å². The highest BCUT2D eigenvalue weighted by Gasteiger charge is 2.13.